The SMILES string of the molecule is CC(C)CNC(=O)C(C)CCC(C)NC(=O)C(C)(C)C(C)C. The van der Waals surface area contributed by atoms with Gasteiger partial charge in [0.05, 0.1) is 0 Å². The van der Waals surface area contributed by atoms with E-state index >= 15 is 0 Å². The van der Waals surface area contributed by atoms with E-state index in [-0.39, 0.29) is 29.2 Å². The van der Waals surface area contributed by atoms with Crippen molar-refractivity contribution >= 4 is 11.8 Å². The molecule has 0 radical (unpaired) electrons. The Morgan fingerprint density at radius 1 is 0.955 bits per heavy atom. The molecule has 0 aliphatic rings. The predicted molar refractivity (Wildman–Crippen MR) is 92.5 cm³/mol. The molecule has 2 unspecified atom stereocenters. The second kappa shape index (κ2) is 9.16. The van der Waals surface area contributed by atoms with Crippen LogP contribution in [0.3, 0.4) is 0 Å². The van der Waals surface area contributed by atoms with Gasteiger partial charge in [-0.2, -0.15) is 0 Å². The molecule has 2 N–H and O–H groups in total. The van der Waals surface area contributed by atoms with Gasteiger partial charge in [-0.15, -0.1) is 0 Å². The van der Waals surface area contributed by atoms with Crippen molar-refractivity contribution in [3.05, 3.63) is 0 Å². The van der Waals surface area contributed by atoms with Crippen molar-refractivity contribution < 1.29 is 9.59 Å². The van der Waals surface area contributed by atoms with E-state index in [1.54, 1.807) is 0 Å². The second-order valence-electron chi connectivity index (χ2n) is 7.87. The zero-order valence-electron chi connectivity index (χ0n) is 15.7. The Kier molecular flexibility index (Phi) is 8.72. The lowest BCUT2D eigenvalue weighted by molar-refractivity contribution is -0.132. The molecule has 0 aliphatic carbocycles. The molecule has 0 aliphatic heterocycles. The van der Waals surface area contributed by atoms with Gasteiger partial charge >= 0.3 is 0 Å². The molecule has 2 amide bonds. The number of hydrogen-bond donors (Lipinski definition) is 2. The van der Waals surface area contributed by atoms with Gasteiger partial charge in [-0.3, -0.25) is 9.59 Å². The second-order valence-corrected chi connectivity index (χ2v) is 7.87. The smallest absolute Gasteiger partial charge is 0.226 e. The summed E-state index contributed by atoms with van der Waals surface area (Å²) in [5.41, 5.74) is -0.367. The van der Waals surface area contributed by atoms with Gasteiger partial charge in [0.25, 0.3) is 0 Å². The highest BCUT2D eigenvalue weighted by molar-refractivity contribution is 5.82. The van der Waals surface area contributed by atoms with Crippen molar-refractivity contribution in [1.29, 1.82) is 0 Å². The molecule has 0 heterocycles. The minimum absolute atomic E-state index is 0.0174. The Balaban J connectivity index is 4.20. The fraction of sp³-hybridized carbons (Fsp3) is 0.889. The van der Waals surface area contributed by atoms with E-state index < -0.39 is 0 Å². The third kappa shape index (κ3) is 7.28. The Morgan fingerprint density at radius 2 is 1.50 bits per heavy atom. The molecule has 0 aromatic heterocycles. The molecule has 2 atom stereocenters. The molecule has 4 heteroatoms. The highest BCUT2D eigenvalue weighted by atomic mass is 16.2. The number of carbonyl (C=O) groups excluding carboxylic acids is 2. The van der Waals surface area contributed by atoms with Gasteiger partial charge in [0, 0.05) is 23.9 Å². The van der Waals surface area contributed by atoms with Crippen LogP contribution in [0.2, 0.25) is 0 Å². The van der Waals surface area contributed by atoms with Crippen LogP contribution in [0.15, 0.2) is 0 Å². The average Bonchev–Trinajstić information content (AvgIpc) is 2.41. The van der Waals surface area contributed by atoms with Gasteiger partial charge in [-0.25, -0.2) is 0 Å². The van der Waals surface area contributed by atoms with Crippen molar-refractivity contribution in [1.82, 2.24) is 10.6 Å². The summed E-state index contributed by atoms with van der Waals surface area (Å²) in [6.07, 6.45) is 1.60. The van der Waals surface area contributed by atoms with Crippen LogP contribution in [0, 0.1) is 23.2 Å². The summed E-state index contributed by atoms with van der Waals surface area (Å²) in [5, 5.41) is 6.03. The lowest BCUT2D eigenvalue weighted by Crippen LogP contribution is -2.44. The average molecular weight is 312 g/mol. The Morgan fingerprint density at radius 3 is 1.95 bits per heavy atom. The van der Waals surface area contributed by atoms with E-state index in [0.29, 0.717) is 11.8 Å². The van der Waals surface area contributed by atoms with Gasteiger partial charge in [0.2, 0.25) is 11.8 Å². The number of rotatable bonds is 9. The minimum Gasteiger partial charge on any atom is -0.356 e. The Labute approximate surface area is 136 Å². The number of amides is 2. The fourth-order valence-electron chi connectivity index (χ4n) is 1.85. The van der Waals surface area contributed by atoms with Crippen LogP contribution in [-0.4, -0.2) is 24.4 Å². The summed E-state index contributed by atoms with van der Waals surface area (Å²) in [6, 6.07) is 0.0888. The standard InChI is InChI=1S/C18H36N2O2/c1-12(2)11-19-16(21)14(5)9-10-15(6)20-17(22)18(7,8)13(3)4/h12-15H,9-11H2,1-8H3,(H,19,21)(H,20,22). The van der Waals surface area contributed by atoms with E-state index in [4.69, 9.17) is 0 Å². The molecular formula is C18H36N2O2. The summed E-state index contributed by atoms with van der Waals surface area (Å²) in [7, 11) is 0. The molecule has 22 heavy (non-hydrogen) atoms. The van der Waals surface area contributed by atoms with Crippen LogP contribution in [-0.2, 0) is 9.59 Å². The Bertz CT molecular complexity index is 362. The maximum Gasteiger partial charge on any atom is 0.226 e. The zero-order chi connectivity index (χ0) is 17.5. The number of nitrogens with one attached hydrogen (secondary N) is 2. The molecule has 0 fully saturated rings. The van der Waals surface area contributed by atoms with E-state index in [2.05, 4.69) is 38.3 Å². The molecule has 0 bridgehead atoms. The normalized spacial score (nSPS) is 14.8. The highest BCUT2D eigenvalue weighted by Gasteiger charge is 2.31. The largest absolute Gasteiger partial charge is 0.356 e. The van der Waals surface area contributed by atoms with Crippen LogP contribution in [0.1, 0.15) is 68.2 Å². The molecule has 0 aromatic carbocycles. The zero-order valence-corrected chi connectivity index (χ0v) is 15.7. The first-order valence-electron chi connectivity index (χ1n) is 8.57. The van der Waals surface area contributed by atoms with Crippen molar-refractivity contribution in [2.45, 2.75) is 74.3 Å². The number of carbonyl (C=O) groups is 2. The topological polar surface area (TPSA) is 58.2 Å². The van der Waals surface area contributed by atoms with Gasteiger partial charge in [-0.05, 0) is 31.6 Å². The van der Waals surface area contributed by atoms with Crippen LogP contribution < -0.4 is 10.6 Å². The molecular weight excluding hydrogens is 276 g/mol. The third-order valence-corrected chi connectivity index (χ3v) is 4.57. The first-order chi connectivity index (χ1) is 9.98. The molecule has 4 nitrogen and oxygen atoms in total. The quantitative estimate of drug-likeness (QED) is 0.686. The van der Waals surface area contributed by atoms with Gasteiger partial charge in [0.15, 0.2) is 0 Å². The van der Waals surface area contributed by atoms with E-state index in [0.717, 1.165) is 19.4 Å². The molecule has 0 rings (SSSR count). The maximum atomic E-state index is 12.3. The Hall–Kier alpha value is -1.06. The van der Waals surface area contributed by atoms with Crippen LogP contribution in [0.4, 0.5) is 0 Å². The molecule has 0 spiro atoms. The lowest BCUT2D eigenvalue weighted by Gasteiger charge is -2.29. The predicted octanol–water partition coefficient (Wildman–Crippen LogP) is 3.36. The summed E-state index contributed by atoms with van der Waals surface area (Å²) in [5.74, 6) is 0.936. The molecule has 0 saturated carbocycles. The van der Waals surface area contributed by atoms with Gasteiger partial charge in [-0.1, -0.05) is 48.5 Å². The van der Waals surface area contributed by atoms with Crippen LogP contribution >= 0.6 is 0 Å². The van der Waals surface area contributed by atoms with Gasteiger partial charge in [0.1, 0.15) is 0 Å². The van der Waals surface area contributed by atoms with Crippen molar-refractivity contribution in [2.75, 3.05) is 6.54 Å². The summed E-state index contributed by atoms with van der Waals surface area (Å²) in [6.45, 7) is 16.9. The monoisotopic (exact) mass is 312 g/mol. The molecule has 130 valence electrons. The van der Waals surface area contributed by atoms with Crippen molar-refractivity contribution in [3.8, 4) is 0 Å². The first-order valence-corrected chi connectivity index (χ1v) is 8.57. The number of hydrogen-bond acceptors (Lipinski definition) is 2. The summed E-state index contributed by atoms with van der Waals surface area (Å²) in [4.78, 5) is 24.2. The van der Waals surface area contributed by atoms with E-state index in [1.807, 2.05) is 27.7 Å². The highest BCUT2D eigenvalue weighted by Crippen LogP contribution is 2.26. The molecule has 0 aromatic rings. The van der Waals surface area contributed by atoms with E-state index in [1.165, 1.54) is 0 Å². The molecule has 0 saturated heterocycles. The lowest BCUT2D eigenvalue weighted by atomic mass is 9.80. The first kappa shape index (κ1) is 20.9. The van der Waals surface area contributed by atoms with Crippen molar-refractivity contribution in [2.24, 2.45) is 23.2 Å². The summed E-state index contributed by atoms with van der Waals surface area (Å²) < 4.78 is 0. The van der Waals surface area contributed by atoms with Gasteiger partial charge < -0.3 is 10.6 Å². The fourth-order valence-corrected chi connectivity index (χ4v) is 1.85. The third-order valence-electron chi connectivity index (χ3n) is 4.57. The van der Waals surface area contributed by atoms with Crippen LogP contribution in [0.5, 0.6) is 0 Å². The van der Waals surface area contributed by atoms with E-state index in [9.17, 15) is 9.59 Å². The van der Waals surface area contributed by atoms with Crippen molar-refractivity contribution in [3.63, 3.8) is 0 Å². The maximum absolute atomic E-state index is 12.3. The minimum atomic E-state index is -0.367. The van der Waals surface area contributed by atoms with Crippen LogP contribution in [0.25, 0.3) is 0 Å². The summed E-state index contributed by atoms with van der Waals surface area (Å²) >= 11 is 0.